The summed E-state index contributed by atoms with van der Waals surface area (Å²) in [5.41, 5.74) is 14.2. The van der Waals surface area contributed by atoms with Crippen LogP contribution in [0.25, 0.3) is 34.4 Å². The average Bonchev–Trinajstić information content (AvgIpc) is 3.84. The van der Waals surface area contributed by atoms with Crippen molar-refractivity contribution in [3.63, 3.8) is 0 Å². The predicted octanol–water partition coefficient (Wildman–Crippen LogP) is 13.6. The summed E-state index contributed by atoms with van der Waals surface area (Å²) in [5.74, 6) is -0.220. The van der Waals surface area contributed by atoms with Crippen molar-refractivity contribution in [1.29, 1.82) is 0 Å². The third-order valence-corrected chi connectivity index (χ3v) is 32.4. The average molecular weight is 896 g/mol. The van der Waals surface area contributed by atoms with Crippen molar-refractivity contribution in [2.75, 3.05) is 0 Å². The number of hydrogen-bond donors (Lipinski definition) is 2. The normalized spacial score (nSPS) is 16.7. The van der Waals surface area contributed by atoms with Gasteiger partial charge in [0, 0.05) is 0 Å². The molecule has 2 amide bonds. The fourth-order valence-corrected chi connectivity index (χ4v) is 30.6. The molecule has 2 N–H and O–H groups in total. The number of nitrogens with one attached hydrogen (secondary N) is 2. The first-order valence-electron chi connectivity index (χ1n) is 21.8. The number of unbranched alkanes of at least 4 members (excludes halogenated alkanes) is 2. The second-order valence-electron chi connectivity index (χ2n) is 17.1. The summed E-state index contributed by atoms with van der Waals surface area (Å²) in [4.78, 5) is 27.6. The van der Waals surface area contributed by atoms with Gasteiger partial charge in [0.25, 0.3) is 0 Å². The van der Waals surface area contributed by atoms with E-state index in [1.807, 2.05) is 13.8 Å². The topological polar surface area (TPSA) is 58.2 Å². The zero-order valence-electron chi connectivity index (χ0n) is 35.9. The van der Waals surface area contributed by atoms with Crippen molar-refractivity contribution in [3.05, 3.63) is 129 Å². The number of rotatable bonds is 17. The summed E-state index contributed by atoms with van der Waals surface area (Å²) in [7, 11) is 17.9. The van der Waals surface area contributed by atoms with E-state index in [2.05, 4.69) is 149 Å². The van der Waals surface area contributed by atoms with Crippen molar-refractivity contribution >= 4 is 45.5 Å². The van der Waals surface area contributed by atoms with Crippen LogP contribution in [0.4, 0.5) is 0 Å². The molecule has 6 rings (SSSR count). The number of benzene rings is 4. The molecule has 0 radical (unpaired) electrons. The quantitative estimate of drug-likeness (QED) is 0.104. The zero-order chi connectivity index (χ0) is 41.8. The molecule has 0 saturated carbocycles. The van der Waals surface area contributed by atoms with Gasteiger partial charge in [-0.1, -0.05) is 0 Å². The van der Waals surface area contributed by atoms with Crippen LogP contribution in [-0.2, 0) is 38.6 Å². The fourth-order valence-electron chi connectivity index (χ4n) is 9.63. The minimum absolute atomic E-state index is 0.0829. The molecular weight excluding hydrogens is 834 g/mol. The van der Waals surface area contributed by atoms with Gasteiger partial charge in [0.15, 0.2) is 0 Å². The number of hydrogen-bond acceptors (Lipinski definition) is 2. The minimum atomic E-state index is -6.05. The Bertz CT molecular complexity index is 2080. The number of amides is 2. The summed E-state index contributed by atoms with van der Waals surface area (Å²) in [5, 5.41) is 6.62. The molecule has 2 aliphatic carbocycles. The van der Waals surface area contributed by atoms with Crippen molar-refractivity contribution in [3.8, 4) is 22.3 Å². The van der Waals surface area contributed by atoms with E-state index < -0.39 is 27.9 Å². The van der Waals surface area contributed by atoms with E-state index in [4.69, 9.17) is 17.0 Å². The molecule has 2 aliphatic rings. The van der Waals surface area contributed by atoms with Gasteiger partial charge in [-0.3, -0.25) is 0 Å². The van der Waals surface area contributed by atoms with Crippen LogP contribution >= 0.6 is 17.0 Å². The van der Waals surface area contributed by atoms with Gasteiger partial charge < -0.3 is 0 Å². The molecule has 0 spiro atoms. The Labute approximate surface area is 356 Å². The molecule has 4 aromatic rings. The molecule has 4 nitrogen and oxygen atoms in total. The van der Waals surface area contributed by atoms with E-state index in [1.165, 1.54) is 33.4 Å². The fraction of sp³-hybridized carbons (Fsp3) is 0.400. The van der Waals surface area contributed by atoms with Crippen molar-refractivity contribution in [2.24, 2.45) is 11.8 Å². The molecule has 2 unspecified atom stereocenters. The monoisotopic (exact) mass is 893 g/mol. The summed E-state index contributed by atoms with van der Waals surface area (Å²) in [6.07, 6.45) is 11.6. The van der Waals surface area contributed by atoms with Gasteiger partial charge in [-0.05, 0) is 0 Å². The van der Waals surface area contributed by atoms with Gasteiger partial charge in [0.2, 0.25) is 0 Å². The van der Waals surface area contributed by atoms with Crippen LogP contribution in [0.15, 0.2) is 96.1 Å². The Morgan fingerprint density at radius 1 is 0.586 bits per heavy atom. The van der Waals surface area contributed by atoms with E-state index in [0.29, 0.717) is 0 Å². The first kappa shape index (κ1) is 44.4. The molecule has 2 atom stereocenters. The second kappa shape index (κ2) is 18.6. The number of carbonyl (C=O) groups excluding carboxylic acids is 2. The van der Waals surface area contributed by atoms with E-state index in [-0.39, 0.29) is 36.5 Å². The number of allylic oxidation sites excluding steroid dienone is 2. The van der Waals surface area contributed by atoms with E-state index in [9.17, 15) is 9.59 Å². The molecule has 0 saturated heterocycles. The first-order valence-corrected chi connectivity index (χ1v) is 32.4. The van der Waals surface area contributed by atoms with E-state index in [1.54, 1.807) is 0 Å². The maximum absolute atomic E-state index is 13.8. The summed E-state index contributed by atoms with van der Waals surface area (Å²) >= 11 is -6.05. The third kappa shape index (κ3) is 8.29. The van der Waals surface area contributed by atoms with Crippen LogP contribution in [0, 0.1) is 11.8 Å². The molecule has 0 heterocycles. The number of fused-ring (bicyclic) bond motifs is 2. The standard InChI is InChI=1S/2C22H25.C6H11BN2O2.2ClH.Zr/c2*1-4-5-9-17-10-6-7-12-20(17)21-13-8-11-18-14-19(16(2)3)15-22(18)21;1-3-5(10)8-7-9-6(11)4-2;;;/h2*6-8,10-16H,4-5,9H2,1-3H3;3-4H2,1-2H3,(H-,8,9,10,11);2*1H;/q;;;;;+1/p-1. The molecular formula is C50H62BCl2N2O2Zr. The van der Waals surface area contributed by atoms with Crippen molar-refractivity contribution in [1.82, 2.24) is 10.5 Å². The van der Waals surface area contributed by atoms with Gasteiger partial charge >= 0.3 is 359 Å². The Morgan fingerprint density at radius 2 is 0.966 bits per heavy atom. The van der Waals surface area contributed by atoms with Crippen molar-refractivity contribution in [2.45, 2.75) is 114 Å². The Balaban J connectivity index is 1.70. The van der Waals surface area contributed by atoms with Crippen LogP contribution in [0.2, 0.25) is 0 Å². The van der Waals surface area contributed by atoms with Crippen LogP contribution in [0.1, 0.15) is 135 Å². The van der Waals surface area contributed by atoms with Gasteiger partial charge in [0.05, 0.1) is 0 Å². The summed E-state index contributed by atoms with van der Waals surface area (Å²) in [6, 6.07) is 30.7. The summed E-state index contributed by atoms with van der Waals surface area (Å²) in [6.45, 7) is 17.0. The summed E-state index contributed by atoms with van der Waals surface area (Å²) < 4.78 is -1.79. The number of carbonyl (C=O) groups is 2. The van der Waals surface area contributed by atoms with E-state index >= 15 is 0 Å². The molecule has 0 fully saturated rings. The van der Waals surface area contributed by atoms with Crippen LogP contribution in [0.3, 0.4) is 0 Å². The predicted molar refractivity (Wildman–Crippen MR) is 246 cm³/mol. The molecule has 4 aromatic carbocycles. The van der Waals surface area contributed by atoms with Gasteiger partial charge in [0.1, 0.15) is 0 Å². The van der Waals surface area contributed by atoms with E-state index in [0.717, 1.165) is 71.9 Å². The molecule has 0 bridgehead atoms. The first-order chi connectivity index (χ1) is 27.8. The Hall–Kier alpha value is -3.17. The van der Waals surface area contributed by atoms with Crippen LogP contribution < -0.4 is 10.5 Å². The molecule has 8 heteroatoms. The van der Waals surface area contributed by atoms with Crippen LogP contribution in [0.5, 0.6) is 0 Å². The SMILES string of the molecule is CCCCc1ccccc1-c1cccc2c1C=C(C(C)C)[CH]2[Zr]([Cl])([Cl])([B](NC(=O)CC)NC(=O)CC)[CH]1C(C(C)C)=Cc2c(-c3ccccc3CCCC)cccc21. The van der Waals surface area contributed by atoms with Crippen molar-refractivity contribution < 1.29 is 25.8 Å². The molecule has 0 aromatic heterocycles. The molecule has 0 aliphatic heterocycles. The Kier molecular flexibility index (Phi) is 14.2. The third-order valence-electron chi connectivity index (χ3n) is 12.6. The van der Waals surface area contributed by atoms with Crippen LogP contribution in [-0.4, -0.2) is 16.3 Å². The zero-order valence-corrected chi connectivity index (χ0v) is 39.8. The maximum atomic E-state index is 13.8. The van der Waals surface area contributed by atoms with Gasteiger partial charge in [-0.2, -0.15) is 0 Å². The Morgan fingerprint density at radius 3 is 1.33 bits per heavy atom. The van der Waals surface area contributed by atoms with Gasteiger partial charge in [-0.15, -0.1) is 0 Å². The molecule has 305 valence electrons. The number of halogens is 2. The second-order valence-corrected chi connectivity index (χ2v) is 38.5. The van der Waals surface area contributed by atoms with Gasteiger partial charge in [-0.25, -0.2) is 0 Å². The number of aryl methyl sites for hydroxylation is 2. The molecule has 58 heavy (non-hydrogen) atoms.